The summed E-state index contributed by atoms with van der Waals surface area (Å²) in [5.41, 5.74) is 11.2. The number of hydrogen-bond donors (Lipinski definition) is 4. The molecule has 0 fully saturated rings. The number of Topliss-reactive ketones (excluding diaryl/α,β-unsaturated/α-hetero) is 2. The molecule has 0 aromatic rings. The van der Waals surface area contributed by atoms with Crippen molar-refractivity contribution in [3.63, 3.8) is 0 Å². The van der Waals surface area contributed by atoms with Gasteiger partial charge in [-0.05, 0) is 30.1 Å². The van der Waals surface area contributed by atoms with E-state index in [9.17, 15) is 9.59 Å². The Balaban J connectivity index is 4.19. The van der Waals surface area contributed by atoms with Gasteiger partial charge in [0.1, 0.15) is 23.2 Å². The van der Waals surface area contributed by atoms with Crippen molar-refractivity contribution in [2.45, 2.75) is 91.9 Å². The fraction of sp³-hybridized carbons (Fsp3) is 0.800. The third-order valence-electron chi connectivity index (χ3n) is 5.45. The molecule has 8 N–H and O–H groups in total. The zero-order valence-corrected chi connectivity index (χ0v) is 18.1. The highest BCUT2D eigenvalue weighted by Gasteiger charge is 2.25. The van der Waals surface area contributed by atoms with E-state index in [1.165, 1.54) is 0 Å². The van der Waals surface area contributed by atoms with Crippen molar-refractivity contribution in [2.75, 3.05) is 0 Å². The highest BCUT2D eigenvalue weighted by Crippen LogP contribution is 2.32. The van der Waals surface area contributed by atoms with Gasteiger partial charge in [-0.15, -0.1) is 0 Å². The molecular formula is C20H40N6O2. The fourth-order valence-electron chi connectivity index (χ4n) is 3.15. The van der Waals surface area contributed by atoms with Gasteiger partial charge in [0.25, 0.3) is 0 Å². The summed E-state index contributed by atoms with van der Waals surface area (Å²) >= 11 is 0. The van der Waals surface area contributed by atoms with Crippen LogP contribution in [0.5, 0.6) is 0 Å². The van der Waals surface area contributed by atoms with Crippen LogP contribution >= 0.6 is 0 Å². The maximum atomic E-state index is 12.2. The molecule has 0 spiro atoms. The topological polar surface area (TPSA) is 163 Å². The van der Waals surface area contributed by atoms with Crippen LogP contribution in [0.1, 0.15) is 91.9 Å². The number of nitrogens with two attached hydrogens (primary N) is 4. The SMILES string of the molecule is CCC(C)(CCC(=O)CCCC(=O)CCC(C)(C)C/C(N)=N/N)C/C(N)=N/N. The highest BCUT2D eigenvalue weighted by atomic mass is 16.1. The number of rotatable bonds is 15. The van der Waals surface area contributed by atoms with Crippen LogP contribution < -0.4 is 23.2 Å². The number of hydrogen-bond acceptors (Lipinski definition) is 6. The predicted molar refractivity (Wildman–Crippen MR) is 115 cm³/mol. The Hall–Kier alpha value is -2.12. The molecule has 0 saturated heterocycles. The molecule has 1 atom stereocenters. The number of carbonyl (C=O) groups excluding carboxylic acids is 2. The predicted octanol–water partition coefficient (Wildman–Crippen LogP) is 2.54. The van der Waals surface area contributed by atoms with Crippen molar-refractivity contribution in [1.29, 1.82) is 0 Å². The lowest BCUT2D eigenvalue weighted by atomic mass is 9.78. The summed E-state index contributed by atoms with van der Waals surface area (Å²) in [5.74, 6) is 11.5. The third-order valence-corrected chi connectivity index (χ3v) is 5.45. The summed E-state index contributed by atoms with van der Waals surface area (Å²) in [5, 5.41) is 7.01. The van der Waals surface area contributed by atoms with E-state index < -0.39 is 0 Å². The summed E-state index contributed by atoms with van der Waals surface area (Å²) in [6.45, 7) is 8.23. The van der Waals surface area contributed by atoms with Crippen LogP contribution in [0.3, 0.4) is 0 Å². The molecule has 0 aliphatic rings. The van der Waals surface area contributed by atoms with E-state index in [1.54, 1.807) is 0 Å². The molecule has 8 nitrogen and oxygen atoms in total. The standard InChI is InChI=1S/C20H40N6O2/c1-5-20(4,14-18(22)26-24)12-10-16(28)8-6-7-15(27)9-11-19(2,3)13-17(21)25-23/h5-14,23-24H2,1-4H3,(H2,21,25)(H2,22,26). The quantitative estimate of drug-likeness (QED) is 0.144. The minimum absolute atomic E-state index is 0.0846. The lowest BCUT2D eigenvalue weighted by molar-refractivity contribution is -0.121. The van der Waals surface area contributed by atoms with Gasteiger partial charge in [-0.1, -0.05) is 34.1 Å². The molecule has 8 heteroatoms. The maximum Gasteiger partial charge on any atom is 0.132 e. The van der Waals surface area contributed by atoms with Crippen molar-refractivity contribution in [1.82, 2.24) is 0 Å². The van der Waals surface area contributed by atoms with E-state index in [1.807, 2.05) is 13.8 Å². The first-order chi connectivity index (χ1) is 13.0. The Morgan fingerprint density at radius 2 is 1.25 bits per heavy atom. The van der Waals surface area contributed by atoms with Crippen LogP contribution in [-0.2, 0) is 9.59 Å². The normalized spacial score (nSPS) is 15.3. The van der Waals surface area contributed by atoms with Gasteiger partial charge in [-0.2, -0.15) is 10.2 Å². The zero-order valence-electron chi connectivity index (χ0n) is 18.1. The molecule has 0 saturated carbocycles. The second kappa shape index (κ2) is 12.4. The highest BCUT2D eigenvalue weighted by molar-refractivity contribution is 5.82. The van der Waals surface area contributed by atoms with Crippen LogP contribution in [0.25, 0.3) is 0 Å². The smallest absolute Gasteiger partial charge is 0.132 e. The minimum atomic E-state index is -0.127. The van der Waals surface area contributed by atoms with E-state index in [-0.39, 0.29) is 22.4 Å². The molecule has 0 aromatic heterocycles. The number of nitrogens with zero attached hydrogens (tertiary/aromatic N) is 2. The van der Waals surface area contributed by atoms with Gasteiger partial charge in [-0.25, -0.2) is 0 Å². The van der Waals surface area contributed by atoms with Crippen molar-refractivity contribution in [3.05, 3.63) is 0 Å². The van der Waals surface area contributed by atoms with Gasteiger partial charge in [0.2, 0.25) is 0 Å². The fourth-order valence-corrected chi connectivity index (χ4v) is 3.15. The second-order valence-corrected chi connectivity index (χ2v) is 8.85. The molecule has 28 heavy (non-hydrogen) atoms. The van der Waals surface area contributed by atoms with Gasteiger partial charge < -0.3 is 23.2 Å². The largest absolute Gasteiger partial charge is 0.386 e. The number of carbonyl (C=O) groups is 2. The van der Waals surface area contributed by atoms with Gasteiger partial charge in [0, 0.05) is 38.5 Å². The Morgan fingerprint density at radius 1 is 0.786 bits per heavy atom. The van der Waals surface area contributed by atoms with Gasteiger partial charge in [0.15, 0.2) is 0 Å². The molecule has 0 bridgehead atoms. The van der Waals surface area contributed by atoms with Gasteiger partial charge in [0.05, 0.1) is 0 Å². The Kier molecular flexibility index (Phi) is 11.4. The first-order valence-electron chi connectivity index (χ1n) is 10.0. The number of hydrazone groups is 2. The minimum Gasteiger partial charge on any atom is -0.386 e. The Morgan fingerprint density at radius 3 is 1.71 bits per heavy atom. The molecule has 0 aliphatic heterocycles. The van der Waals surface area contributed by atoms with Crippen molar-refractivity contribution < 1.29 is 9.59 Å². The van der Waals surface area contributed by atoms with E-state index in [0.29, 0.717) is 56.6 Å². The molecule has 162 valence electrons. The zero-order chi connectivity index (χ0) is 21.8. The second-order valence-electron chi connectivity index (χ2n) is 8.85. The third kappa shape index (κ3) is 11.6. The van der Waals surface area contributed by atoms with Crippen molar-refractivity contribution in [3.8, 4) is 0 Å². The summed E-state index contributed by atoms with van der Waals surface area (Å²) in [6, 6.07) is 0. The number of amidine groups is 2. The van der Waals surface area contributed by atoms with E-state index >= 15 is 0 Å². The lowest BCUT2D eigenvalue weighted by Gasteiger charge is -2.27. The lowest BCUT2D eigenvalue weighted by Crippen LogP contribution is -2.26. The molecule has 0 rings (SSSR count). The van der Waals surface area contributed by atoms with E-state index in [0.717, 1.165) is 19.3 Å². The maximum absolute atomic E-state index is 12.2. The summed E-state index contributed by atoms with van der Waals surface area (Å²) in [4.78, 5) is 24.3. The monoisotopic (exact) mass is 396 g/mol. The summed E-state index contributed by atoms with van der Waals surface area (Å²) < 4.78 is 0. The average molecular weight is 397 g/mol. The molecular weight excluding hydrogens is 356 g/mol. The van der Waals surface area contributed by atoms with Crippen LogP contribution in [0.15, 0.2) is 10.2 Å². The molecule has 0 amide bonds. The molecule has 0 aromatic carbocycles. The van der Waals surface area contributed by atoms with E-state index in [2.05, 4.69) is 24.1 Å². The molecule has 0 aliphatic carbocycles. The summed E-state index contributed by atoms with van der Waals surface area (Å²) in [7, 11) is 0. The number of ketones is 2. The van der Waals surface area contributed by atoms with Crippen LogP contribution in [0, 0.1) is 10.8 Å². The first-order valence-corrected chi connectivity index (χ1v) is 10.0. The van der Waals surface area contributed by atoms with Gasteiger partial charge in [-0.3, -0.25) is 9.59 Å². The Bertz CT molecular complexity index is 571. The molecule has 1 unspecified atom stereocenters. The van der Waals surface area contributed by atoms with E-state index in [4.69, 9.17) is 23.2 Å². The van der Waals surface area contributed by atoms with Crippen LogP contribution in [0.4, 0.5) is 0 Å². The van der Waals surface area contributed by atoms with Gasteiger partial charge >= 0.3 is 0 Å². The average Bonchev–Trinajstić information content (AvgIpc) is 2.64. The molecule has 0 radical (unpaired) electrons. The van der Waals surface area contributed by atoms with Crippen LogP contribution in [-0.4, -0.2) is 23.2 Å². The summed E-state index contributed by atoms with van der Waals surface area (Å²) in [6.07, 6.45) is 5.92. The first kappa shape index (κ1) is 25.9. The van der Waals surface area contributed by atoms with Crippen molar-refractivity contribution in [2.24, 2.45) is 44.2 Å². The van der Waals surface area contributed by atoms with Crippen molar-refractivity contribution >= 4 is 23.2 Å². The Labute approximate surface area is 169 Å². The van der Waals surface area contributed by atoms with Crippen LogP contribution in [0.2, 0.25) is 0 Å². The molecule has 0 heterocycles.